The van der Waals surface area contributed by atoms with Crippen LogP contribution in [-0.4, -0.2) is 20.0 Å². The third-order valence-corrected chi connectivity index (χ3v) is 3.71. The smallest absolute Gasteiger partial charge is 0.168 e. The van der Waals surface area contributed by atoms with Crippen molar-refractivity contribution >= 4 is 21.7 Å². The molecular weight excluding hydrogens is 339 g/mol. The monoisotopic (exact) mass is 352 g/mol. The highest BCUT2D eigenvalue weighted by atomic mass is 79.9. The normalized spacial score (nSPS) is 10.3. The van der Waals surface area contributed by atoms with E-state index in [4.69, 9.17) is 9.47 Å². The average Bonchev–Trinajstić information content (AvgIpc) is 2.49. The van der Waals surface area contributed by atoms with E-state index < -0.39 is 5.82 Å². The third kappa shape index (κ3) is 3.42. The van der Waals surface area contributed by atoms with Gasteiger partial charge in [-0.25, -0.2) is 4.39 Å². The summed E-state index contributed by atoms with van der Waals surface area (Å²) >= 11 is 3.33. The topological polar surface area (TPSA) is 35.5 Å². The van der Waals surface area contributed by atoms with Gasteiger partial charge in [0.15, 0.2) is 17.3 Å². The zero-order valence-corrected chi connectivity index (χ0v) is 13.2. The molecular formula is C16H14BrFO3. The first kappa shape index (κ1) is 15.5. The van der Waals surface area contributed by atoms with Crippen molar-refractivity contribution in [3.05, 3.63) is 57.8 Å². The van der Waals surface area contributed by atoms with E-state index in [9.17, 15) is 9.18 Å². The zero-order valence-electron chi connectivity index (χ0n) is 11.7. The molecule has 0 aromatic heterocycles. The molecule has 0 aliphatic heterocycles. The highest BCUT2D eigenvalue weighted by Crippen LogP contribution is 2.27. The maximum Gasteiger partial charge on any atom is 0.168 e. The van der Waals surface area contributed by atoms with Crippen LogP contribution in [0.1, 0.15) is 15.9 Å². The van der Waals surface area contributed by atoms with Crippen molar-refractivity contribution in [2.45, 2.75) is 6.42 Å². The molecule has 110 valence electrons. The standard InChI is InChI=1S/C16H14BrFO3/c1-20-14-7-6-10(8-12(14)17)13(19)9-11-4-3-5-15(21-2)16(11)18/h3-8H,9H2,1-2H3. The van der Waals surface area contributed by atoms with Crippen molar-refractivity contribution in [2.75, 3.05) is 14.2 Å². The van der Waals surface area contributed by atoms with Crippen molar-refractivity contribution in [1.82, 2.24) is 0 Å². The summed E-state index contributed by atoms with van der Waals surface area (Å²) in [5, 5.41) is 0. The highest BCUT2D eigenvalue weighted by molar-refractivity contribution is 9.10. The lowest BCUT2D eigenvalue weighted by molar-refractivity contribution is 0.0991. The first-order valence-corrected chi connectivity index (χ1v) is 7.04. The van der Waals surface area contributed by atoms with Crippen LogP contribution in [0, 0.1) is 5.82 Å². The molecule has 0 spiro atoms. The SMILES string of the molecule is COc1ccc(C(=O)Cc2cccc(OC)c2F)cc1Br. The Kier molecular flexibility index (Phi) is 4.96. The second kappa shape index (κ2) is 6.72. The predicted molar refractivity (Wildman–Crippen MR) is 81.7 cm³/mol. The summed E-state index contributed by atoms with van der Waals surface area (Å²) in [6, 6.07) is 9.78. The molecule has 21 heavy (non-hydrogen) atoms. The van der Waals surface area contributed by atoms with Crippen molar-refractivity contribution < 1.29 is 18.7 Å². The number of carbonyl (C=O) groups is 1. The zero-order chi connectivity index (χ0) is 15.4. The number of halogens is 2. The van der Waals surface area contributed by atoms with E-state index in [0.717, 1.165) is 0 Å². The van der Waals surface area contributed by atoms with Crippen LogP contribution in [0.15, 0.2) is 40.9 Å². The fourth-order valence-electron chi connectivity index (χ4n) is 1.97. The number of benzene rings is 2. The molecule has 0 saturated carbocycles. The molecule has 0 bridgehead atoms. The number of rotatable bonds is 5. The predicted octanol–water partition coefficient (Wildman–Crippen LogP) is 4.03. The molecule has 0 N–H and O–H groups in total. The molecule has 0 saturated heterocycles. The van der Waals surface area contributed by atoms with Gasteiger partial charge in [0.05, 0.1) is 18.7 Å². The minimum Gasteiger partial charge on any atom is -0.496 e. The van der Waals surface area contributed by atoms with Gasteiger partial charge in [-0.2, -0.15) is 0 Å². The maximum absolute atomic E-state index is 14.0. The molecule has 0 fully saturated rings. The Labute approximate surface area is 130 Å². The van der Waals surface area contributed by atoms with Gasteiger partial charge in [-0.3, -0.25) is 4.79 Å². The summed E-state index contributed by atoms with van der Waals surface area (Å²) in [6.45, 7) is 0. The molecule has 0 aliphatic rings. The molecule has 2 aromatic carbocycles. The Bertz CT molecular complexity index is 671. The van der Waals surface area contributed by atoms with Crippen LogP contribution in [0.25, 0.3) is 0 Å². The number of hydrogen-bond donors (Lipinski definition) is 0. The van der Waals surface area contributed by atoms with Gasteiger partial charge in [0.2, 0.25) is 0 Å². The van der Waals surface area contributed by atoms with Crippen LogP contribution in [0.5, 0.6) is 11.5 Å². The van der Waals surface area contributed by atoms with Gasteiger partial charge in [-0.15, -0.1) is 0 Å². The number of ether oxygens (including phenoxy) is 2. The quantitative estimate of drug-likeness (QED) is 0.762. The lowest BCUT2D eigenvalue weighted by atomic mass is 10.0. The van der Waals surface area contributed by atoms with Crippen LogP contribution >= 0.6 is 15.9 Å². The van der Waals surface area contributed by atoms with E-state index in [-0.39, 0.29) is 18.0 Å². The van der Waals surface area contributed by atoms with Crippen LogP contribution in [0.3, 0.4) is 0 Å². The number of carbonyl (C=O) groups excluding carboxylic acids is 1. The van der Waals surface area contributed by atoms with E-state index in [1.807, 2.05) is 0 Å². The number of methoxy groups -OCH3 is 2. The number of Topliss-reactive ketones (excluding diaryl/α,β-unsaturated/α-hetero) is 1. The Morgan fingerprint density at radius 1 is 1.14 bits per heavy atom. The molecule has 0 heterocycles. The van der Waals surface area contributed by atoms with Crippen molar-refractivity contribution in [3.63, 3.8) is 0 Å². The molecule has 2 aromatic rings. The van der Waals surface area contributed by atoms with Crippen LogP contribution in [-0.2, 0) is 6.42 Å². The van der Waals surface area contributed by atoms with Gasteiger partial charge in [-0.1, -0.05) is 12.1 Å². The largest absolute Gasteiger partial charge is 0.496 e. The summed E-state index contributed by atoms with van der Waals surface area (Å²) in [5.41, 5.74) is 0.802. The molecule has 0 atom stereocenters. The highest BCUT2D eigenvalue weighted by Gasteiger charge is 2.14. The fourth-order valence-corrected chi connectivity index (χ4v) is 2.51. The van der Waals surface area contributed by atoms with Crippen molar-refractivity contribution in [3.8, 4) is 11.5 Å². The summed E-state index contributed by atoms with van der Waals surface area (Å²) in [5.74, 6) is 0.0988. The Morgan fingerprint density at radius 3 is 2.48 bits per heavy atom. The van der Waals surface area contributed by atoms with E-state index >= 15 is 0 Å². The van der Waals surface area contributed by atoms with E-state index in [1.54, 1.807) is 37.4 Å². The summed E-state index contributed by atoms with van der Waals surface area (Å²) < 4.78 is 24.7. The van der Waals surface area contributed by atoms with Gasteiger partial charge in [-0.05, 0) is 45.8 Å². The van der Waals surface area contributed by atoms with Gasteiger partial charge in [0.25, 0.3) is 0 Å². The molecule has 0 amide bonds. The first-order valence-electron chi connectivity index (χ1n) is 6.25. The second-order valence-electron chi connectivity index (χ2n) is 4.38. The summed E-state index contributed by atoms with van der Waals surface area (Å²) in [6.07, 6.45) is -0.0260. The summed E-state index contributed by atoms with van der Waals surface area (Å²) in [4.78, 5) is 12.2. The van der Waals surface area contributed by atoms with Gasteiger partial charge >= 0.3 is 0 Å². The van der Waals surface area contributed by atoms with E-state index in [2.05, 4.69) is 15.9 Å². The molecule has 2 rings (SSSR count). The van der Waals surface area contributed by atoms with Crippen LogP contribution < -0.4 is 9.47 Å². The lowest BCUT2D eigenvalue weighted by Crippen LogP contribution is -2.06. The van der Waals surface area contributed by atoms with Gasteiger partial charge in [0, 0.05) is 12.0 Å². The summed E-state index contributed by atoms with van der Waals surface area (Å²) in [7, 11) is 2.94. The Balaban J connectivity index is 2.24. The van der Waals surface area contributed by atoms with Gasteiger partial charge in [0.1, 0.15) is 5.75 Å². The Hall–Kier alpha value is -1.88. The Morgan fingerprint density at radius 2 is 1.86 bits per heavy atom. The minimum absolute atomic E-state index is 0.0260. The molecule has 5 heteroatoms. The molecule has 0 radical (unpaired) electrons. The van der Waals surface area contributed by atoms with Crippen molar-refractivity contribution in [2.24, 2.45) is 0 Å². The van der Waals surface area contributed by atoms with Crippen LogP contribution in [0.4, 0.5) is 4.39 Å². The van der Waals surface area contributed by atoms with E-state index in [0.29, 0.717) is 21.3 Å². The molecule has 3 nitrogen and oxygen atoms in total. The first-order chi connectivity index (χ1) is 10.1. The van der Waals surface area contributed by atoms with Crippen LogP contribution in [0.2, 0.25) is 0 Å². The minimum atomic E-state index is -0.499. The average molecular weight is 353 g/mol. The fraction of sp³-hybridized carbons (Fsp3) is 0.188. The van der Waals surface area contributed by atoms with E-state index in [1.165, 1.54) is 13.2 Å². The lowest BCUT2D eigenvalue weighted by Gasteiger charge is -2.08. The number of hydrogen-bond acceptors (Lipinski definition) is 3. The third-order valence-electron chi connectivity index (χ3n) is 3.09. The molecule has 0 aliphatic carbocycles. The van der Waals surface area contributed by atoms with Gasteiger partial charge < -0.3 is 9.47 Å². The number of ketones is 1. The maximum atomic E-state index is 14.0. The second-order valence-corrected chi connectivity index (χ2v) is 5.24. The molecule has 0 unspecified atom stereocenters. The van der Waals surface area contributed by atoms with Crippen molar-refractivity contribution in [1.29, 1.82) is 0 Å².